The van der Waals surface area contributed by atoms with Crippen LogP contribution in [0.1, 0.15) is 64.2 Å². The third-order valence-corrected chi connectivity index (χ3v) is 7.50. The Kier molecular flexibility index (Phi) is 6.89. The quantitative estimate of drug-likeness (QED) is 0.778. The van der Waals surface area contributed by atoms with E-state index in [-0.39, 0.29) is 17.9 Å². The molecule has 0 bridgehead atoms. The lowest BCUT2D eigenvalue weighted by molar-refractivity contribution is -0.140. The Hall–Kier alpha value is -1.14. The summed E-state index contributed by atoms with van der Waals surface area (Å²) in [5.41, 5.74) is 0. The fourth-order valence-electron chi connectivity index (χ4n) is 5.79. The summed E-state index contributed by atoms with van der Waals surface area (Å²) in [6.45, 7) is 6.78. The highest BCUT2D eigenvalue weighted by atomic mass is 16.2. The molecule has 0 spiro atoms. The molecule has 4 aliphatic rings. The highest BCUT2D eigenvalue weighted by Gasteiger charge is 2.35. The number of carbonyl (C=O) groups is 2. The minimum absolute atomic E-state index is 0.0577. The van der Waals surface area contributed by atoms with Gasteiger partial charge in [0, 0.05) is 38.8 Å². The lowest BCUT2D eigenvalue weighted by Gasteiger charge is -2.40. The molecule has 1 atom stereocenters. The Bertz CT molecular complexity index is 535. The maximum Gasteiger partial charge on any atom is 0.237 e. The molecule has 28 heavy (non-hydrogen) atoms. The van der Waals surface area contributed by atoms with Gasteiger partial charge in [0.2, 0.25) is 11.8 Å². The van der Waals surface area contributed by atoms with E-state index >= 15 is 0 Å². The van der Waals surface area contributed by atoms with Gasteiger partial charge < -0.3 is 15.1 Å². The Morgan fingerprint density at radius 1 is 0.893 bits per heavy atom. The summed E-state index contributed by atoms with van der Waals surface area (Å²) < 4.78 is 0. The van der Waals surface area contributed by atoms with Gasteiger partial charge in [-0.1, -0.05) is 19.3 Å². The summed E-state index contributed by atoms with van der Waals surface area (Å²) >= 11 is 0. The summed E-state index contributed by atoms with van der Waals surface area (Å²) in [4.78, 5) is 32.5. The minimum atomic E-state index is -0.264. The van der Waals surface area contributed by atoms with E-state index in [0.29, 0.717) is 18.4 Å². The van der Waals surface area contributed by atoms with Gasteiger partial charge in [-0.2, -0.15) is 0 Å². The van der Waals surface area contributed by atoms with Gasteiger partial charge >= 0.3 is 0 Å². The van der Waals surface area contributed by atoms with Crippen LogP contribution in [0, 0.1) is 5.92 Å². The highest BCUT2D eigenvalue weighted by molar-refractivity contribution is 5.88. The van der Waals surface area contributed by atoms with Crippen LogP contribution in [0.15, 0.2) is 0 Å². The third kappa shape index (κ3) is 4.88. The molecule has 0 radical (unpaired) electrons. The standard InChI is InChI=1S/C22H38N4O2/c27-21(25-13-8-19(9-14-25)24-11-4-5-12-24)16-20-22(28)23-10-15-26(20)17-18-6-2-1-3-7-18/h18-20H,1-17H2,(H,23,28)/t20-/m0/s1. The van der Waals surface area contributed by atoms with Gasteiger partial charge in [-0.05, 0) is 57.5 Å². The molecule has 2 amide bonds. The van der Waals surface area contributed by atoms with Crippen molar-refractivity contribution in [3.8, 4) is 0 Å². The van der Waals surface area contributed by atoms with E-state index in [0.717, 1.165) is 45.6 Å². The van der Waals surface area contributed by atoms with Crippen molar-refractivity contribution in [2.24, 2.45) is 5.92 Å². The second-order valence-corrected chi connectivity index (χ2v) is 9.36. The topological polar surface area (TPSA) is 55.9 Å². The number of carbonyl (C=O) groups excluding carboxylic acids is 2. The number of amides is 2. The second kappa shape index (κ2) is 9.57. The third-order valence-electron chi connectivity index (χ3n) is 7.50. The number of piperazine rings is 1. The second-order valence-electron chi connectivity index (χ2n) is 9.36. The Labute approximate surface area is 170 Å². The van der Waals surface area contributed by atoms with Gasteiger partial charge in [-0.25, -0.2) is 0 Å². The SMILES string of the molecule is O=C1NCCN(CC2CCCCC2)[C@H]1CC(=O)N1CCC(N2CCCC2)CC1. The zero-order chi connectivity index (χ0) is 19.3. The molecule has 3 aliphatic heterocycles. The fraction of sp³-hybridized carbons (Fsp3) is 0.909. The first-order valence-corrected chi connectivity index (χ1v) is 11.7. The molecule has 4 fully saturated rings. The number of nitrogens with zero attached hydrogens (tertiary/aromatic N) is 3. The molecule has 3 saturated heterocycles. The fourth-order valence-corrected chi connectivity index (χ4v) is 5.79. The van der Waals surface area contributed by atoms with E-state index in [4.69, 9.17) is 0 Å². The number of hydrogen-bond donors (Lipinski definition) is 1. The predicted octanol–water partition coefficient (Wildman–Crippen LogP) is 1.84. The maximum atomic E-state index is 13.0. The van der Waals surface area contributed by atoms with Crippen LogP contribution in [-0.4, -0.2) is 84.4 Å². The number of likely N-dealkylation sites (tertiary alicyclic amines) is 2. The van der Waals surface area contributed by atoms with Gasteiger partial charge in [0.25, 0.3) is 0 Å². The van der Waals surface area contributed by atoms with Gasteiger partial charge in [0.05, 0.1) is 12.5 Å². The van der Waals surface area contributed by atoms with Crippen LogP contribution in [0.4, 0.5) is 0 Å². The molecule has 1 aliphatic carbocycles. The van der Waals surface area contributed by atoms with Crippen molar-refractivity contribution in [2.45, 2.75) is 76.3 Å². The number of piperidine rings is 1. The maximum absolute atomic E-state index is 13.0. The van der Waals surface area contributed by atoms with E-state index in [2.05, 4.69) is 15.1 Å². The summed E-state index contributed by atoms with van der Waals surface area (Å²) in [7, 11) is 0. The Balaban J connectivity index is 1.29. The number of hydrogen-bond acceptors (Lipinski definition) is 4. The average Bonchev–Trinajstić information content (AvgIpc) is 3.26. The first-order valence-electron chi connectivity index (χ1n) is 11.7. The predicted molar refractivity (Wildman–Crippen MR) is 110 cm³/mol. The van der Waals surface area contributed by atoms with Gasteiger partial charge in [0.15, 0.2) is 0 Å². The van der Waals surface area contributed by atoms with Gasteiger partial charge in [0.1, 0.15) is 0 Å². The molecule has 158 valence electrons. The lowest BCUT2D eigenvalue weighted by Crippen LogP contribution is -2.58. The molecule has 4 rings (SSSR count). The van der Waals surface area contributed by atoms with Crippen molar-refractivity contribution >= 4 is 11.8 Å². The minimum Gasteiger partial charge on any atom is -0.353 e. The molecule has 1 saturated carbocycles. The molecule has 1 N–H and O–H groups in total. The van der Waals surface area contributed by atoms with Crippen LogP contribution < -0.4 is 5.32 Å². The van der Waals surface area contributed by atoms with Crippen molar-refractivity contribution < 1.29 is 9.59 Å². The van der Waals surface area contributed by atoms with Crippen LogP contribution >= 0.6 is 0 Å². The first-order chi connectivity index (χ1) is 13.7. The van der Waals surface area contributed by atoms with Crippen molar-refractivity contribution in [1.82, 2.24) is 20.0 Å². The van der Waals surface area contributed by atoms with E-state index in [9.17, 15) is 9.59 Å². The summed E-state index contributed by atoms with van der Waals surface area (Å²) in [5.74, 6) is 0.936. The highest BCUT2D eigenvalue weighted by Crippen LogP contribution is 2.26. The molecule has 0 aromatic heterocycles. The van der Waals surface area contributed by atoms with E-state index in [1.165, 1.54) is 58.0 Å². The Morgan fingerprint density at radius 3 is 2.32 bits per heavy atom. The van der Waals surface area contributed by atoms with Crippen LogP contribution in [0.3, 0.4) is 0 Å². The van der Waals surface area contributed by atoms with Crippen LogP contribution in [0.5, 0.6) is 0 Å². The number of nitrogens with one attached hydrogen (secondary N) is 1. The molecule has 0 aromatic rings. The average molecular weight is 391 g/mol. The van der Waals surface area contributed by atoms with E-state index in [1.54, 1.807) is 0 Å². The van der Waals surface area contributed by atoms with Crippen molar-refractivity contribution in [1.29, 1.82) is 0 Å². The van der Waals surface area contributed by atoms with Crippen molar-refractivity contribution in [3.63, 3.8) is 0 Å². The normalized spacial score (nSPS) is 29.2. The molecule has 3 heterocycles. The molecule has 0 aromatic carbocycles. The number of rotatable bonds is 5. The summed E-state index contributed by atoms with van der Waals surface area (Å²) in [6, 6.07) is 0.395. The monoisotopic (exact) mass is 390 g/mol. The van der Waals surface area contributed by atoms with Crippen LogP contribution in [0.25, 0.3) is 0 Å². The van der Waals surface area contributed by atoms with Crippen LogP contribution in [0.2, 0.25) is 0 Å². The Morgan fingerprint density at radius 2 is 1.61 bits per heavy atom. The molecule has 6 nitrogen and oxygen atoms in total. The molecular weight excluding hydrogens is 352 g/mol. The summed E-state index contributed by atoms with van der Waals surface area (Å²) in [5, 5.41) is 2.99. The van der Waals surface area contributed by atoms with Gasteiger partial charge in [-0.15, -0.1) is 0 Å². The van der Waals surface area contributed by atoms with Crippen molar-refractivity contribution in [3.05, 3.63) is 0 Å². The lowest BCUT2D eigenvalue weighted by atomic mass is 9.88. The van der Waals surface area contributed by atoms with Crippen LogP contribution in [-0.2, 0) is 9.59 Å². The van der Waals surface area contributed by atoms with E-state index in [1.807, 2.05) is 4.90 Å². The molecular formula is C22H38N4O2. The largest absolute Gasteiger partial charge is 0.353 e. The van der Waals surface area contributed by atoms with Gasteiger partial charge in [-0.3, -0.25) is 14.5 Å². The van der Waals surface area contributed by atoms with Crippen molar-refractivity contribution in [2.75, 3.05) is 45.8 Å². The molecule has 6 heteroatoms. The first kappa shape index (κ1) is 20.1. The zero-order valence-corrected chi connectivity index (χ0v) is 17.4. The van der Waals surface area contributed by atoms with E-state index < -0.39 is 0 Å². The zero-order valence-electron chi connectivity index (χ0n) is 17.4. The summed E-state index contributed by atoms with van der Waals surface area (Å²) in [6.07, 6.45) is 11.7. The molecule has 0 unspecified atom stereocenters. The smallest absolute Gasteiger partial charge is 0.237 e.